The van der Waals surface area contributed by atoms with Gasteiger partial charge in [-0.2, -0.15) is 0 Å². The Labute approximate surface area is 192 Å². The van der Waals surface area contributed by atoms with Gasteiger partial charge in [0.05, 0.1) is 23.8 Å². The number of amides is 1. The van der Waals surface area contributed by atoms with Gasteiger partial charge in [0.15, 0.2) is 11.5 Å². The average molecular weight is 468 g/mol. The molecule has 2 heterocycles. The monoisotopic (exact) mass is 468 g/mol. The first-order chi connectivity index (χ1) is 16.2. The zero-order valence-electron chi connectivity index (χ0n) is 17.8. The summed E-state index contributed by atoms with van der Waals surface area (Å²) in [5, 5.41) is 12.1. The standard InChI is InChI=1S/C24H18F2N2O6/c1-32-16-10-13(9-14(11-16)21(29)30)17-3-2-4-20(27-17)28-22(31)23(7-8-23)15-5-6-18-19(12-15)34-24(25,26)33-18/h2-6,9-12H,7-8H2,1H3,(H,29,30)(H,27,28,31). The number of aromatic carboxylic acids is 1. The molecule has 0 atom stereocenters. The van der Waals surface area contributed by atoms with Crippen molar-refractivity contribution in [2.24, 2.45) is 0 Å². The first-order valence-corrected chi connectivity index (χ1v) is 10.3. The predicted octanol–water partition coefficient (Wildman–Crippen LogP) is 4.45. The molecule has 2 aromatic carbocycles. The predicted molar refractivity (Wildman–Crippen MR) is 115 cm³/mol. The summed E-state index contributed by atoms with van der Waals surface area (Å²) < 4.78 is 40.8. The summed E-state index contributed by atoms with van der Waals surface area (Å²) in [6.45, 7) is 0. The number of carbonyl (C=O) groups is 2. The molecule has 2 aliphatic rings. The Morgan fingerprint density at radius 1 is 1.06 bits per heavy atom. The van der Waals surface area contributed by atoms with Crippen LogP contribution in [0.15, 0.2) is 54.6 Å². The zero-order chi connectivity index (χ0) is 24.1. The smallest absolute Gasteiger partial charge is 0.497 e. The lowest BCUT2D eigenvalue weighted by Gasteiger charge is -2.16. The molecule has 1 fully saturated rings. The molecule has 1 aliphatic carbocycles. The van der Waals surface area contributed by atoms with E-state index in [0.29, 0.717) is 35.4 Å². The molecule has 1 amide bonds. The number of carbonyl (C=O) groups excluding carboxylic acids is 1. The number of alkyl halides is 2. The first-order valence-electron chi connectivity index (χ1n) is 10.3. The highest BCUT2D eigenvalue weighted by molar-refractivity contribution is 6.01. The summed E-state index contributed by atoms with van der Waals surface area (Å²) in [4.78, 5) is 29.0. The molecule has 34 heavy (non-hydrogen) atoms. The molecule has 5 rings (SSSR count). The lowest BCUT2D eigenvalue weighted by molar-refractivity contribution is -0.286. The molecule has 1 aromatic heterocycles. The van der Waals surface area contributed by atoms with Crippen LogP contribution in [0.3, 0.4) is 0 Å². The van der Waals surface area contributed by atoms with E-state index in [1.54, 1.807) is 30.3 Å². The van der Waals surface area contributed by atoms with E-state index < -0.39 is 17.7 Å². The molecule has 0 saturated heterocycles. The van der Waals surface area contributed by atoms with Crippen LogP contribution in [-0.2, 0) is 10.2 Å². The number of halogens is 2. The van der Waals surface area contributed by atoms with Crippen LogP contribution in [0.2, 0.25) is 0 Å². The van der Waals surface area contributed by atoms with Crippen LogP contribution in [0.25, 0.3) is 11.3 Å². The lowest BCUT2D eigenvalue weighted by atomic mass is 9.94. The van der Waals surface area contributed by atoms with E-state index in [1.165, 1.54) is 31.4 Å². The summed E-state index contributed by atoms with van der Waals surface area (Å²) in [6.07, 6.45) is -2.66. The number of benzene rings is 2. The molecule has 8 nitrogen and oxygen atoms in total. The van der Waals surface area contributed by atoms with Crippen molar-refractivity contribution in [1.82, 2.24) is 4.98 Å². The van der Waals surface area contributed by atoms with Gasteiger partial charge in [-0.3, -0.25) is 4.79 Å². The SMILES string of the molecule is COc1cc(C(=O)O)cc(-c2cccc(NC(=O)C3(c4ccc5c(c4)OC(F)(F)O5)CC3)n2)c1. The van der Waals surface area contributed by atoms with E-state index >= 15 is 0 Å². The Bertz CT molecular complexity index is 1320. The number of carboxylic acids is 1. The Morgan fingerprint density at radius 3 is 2.53 bits per heavy atom. The normalized spacial score (nSPS) is 16.6. The molecule has 0 unspecified atom stereocenters. The average Bonchev–Trinajstić information content (AvgIpc) is 3.56. The van der Waals surface area contributed by atoms with Crippen LogP contribution in [0.1, 0.15) is 28.8 Å². The van der Waals surface area contributed by atoms with Gasteiger partial charge in [-0.15, -0.1) is 8.78 Å². The highest BCUT2D eigenvalue weighted by Gasteiger charge is 2.53. The number of rotatable bonds is 6. The van der Waals surface area contributed by atoms with Crippen molar-refractivity contribution < 1.29 is 37.7 Å². The summed E-state index contributed by atoms with van der Waals surface area (Å²) in [5.74, 6) is -1.02. The van der Waals surface area contributed by atoms with Gasteiger partial charge < -0.3 is 24.6 Å². The first kappa shape index (κ1) is 21.6. The quantitative estimate of drug-likeness (QED) is 0.551. The molecular formula is C24H18F2N2O6. The fraction of sp³-hybridized carbons (Fsp3) is 0.208. The minimum Gasteiger partial charge on any atom is -0.497 e. The van der Waals surface area contributed by atoms with E-state index in [1.807, 2.05) is 0 Å². The number of aromatic nitrogens is 1. The van der Waals surface area contributed by atoms with Crippen LogP contribution in [0.4, 0.5) is 14.6 Å². The number of carboxylic acid groups (broad SMARTS) is 1. The van der Waals surface area contributed by atoms with Crippen molar-refractivity contribution in [1.29, 1.82) is 0 Å². The third-order valence-electron chi connectivity index (χ3n) is 5.81. The molecule has 1 saturated carbocycles. The summed E-state index contributed by atoms with van der Waals surface area (Å²) in [7, 11) is 1.43. The second-order valence-electron chi connectivity index (χ2n) is 8.03. The van der Waals surface area contributed by atoms with Gasteiger partial charge in [-0.05, 0) is 60.9 Å². The van der Waals surface area contributed by atoms with E-state index in [9.17, 15) is 23.5 Å². The van der Waals surface area contributed by atoms with Gasteiger partial charge >= 0.3 is 12.3 Å². The fourth-order valence-electron chi connectivity index (χ4n) is 3.91. The maximum absolute atomic E-state index is 13.3. The largest absolute Gasteiger partial charge is 0.586 e. The van der Waals surface area contributed by atoms with Crippen molar-refractivity contribution in [3.63, 3.8) is 0 Å². The van der Waals surface area contributed by atoms with Crippen LogP contribution in [0, 0.1) is 0 Å². The lowest BCUT2D eigenvalue weighted by Crippen LogP contribution is -2.28. The number of ether oxygens (including phenoxy) is 3. The maximum Gasteiger partial charge on any atom is 0.586 e. The number of methoxy groups -OCH3 is 1. The van der Waals surface area contributed by atoms with Crippen molar-refractivity contribution in [2.75, 3.05) is 12.4 Å². The second-order valence-corrected chi connectivity index (χ2v) is 8.03. The van der Waals surface area contributed by atoms with Crippen molar-refractivity contribution in [3.05, 3.63) is 65.7 Å². The summed E-state index contributed by atoms with van der Waals surface area (Å²) in [6, 6.07) is 13.8. The number of hydrogen-bond donors (Lipinski definition) is 2. The van der Waals surface area contributed by atoms with Crippen LogP contribution < -0.4 is 19.5 Å². The summed E-state index contributed by atoms with van der Waals surface area (Å²) >= 11 is 0. The van der Waals surface area contributed by atoms with Crippen molar-refractivity contribution in [2.45, 2.75) is 24.6 Å². The molecule has 0 spiro atoms. The molecule has 1 aliphatic heterocycles. The molecule has 0 radical (unpaired) electrons. The van der Waals surface area contributed by atoms with E-state index in [-0.39, 0.29) is 28.8 Å². The Morgan fingerprint density at radius 2 is 1.82 bits per heavy atom. The van der Waals surface area contributed by atoms with Crippen LogP contribution in [-0.4, -0.2) is 35.4 Å². The highest BCUT2D eigenvalue weighted by atomic mass is 19.3. The van der Waals surface area contributed by atoms with Gasteiger partial charge in [-0.1, -0.05) is 12.1 Å². The van der Waals surface area contributed by atoms with E-state index in [2.05, 4.69) is 19.8 Å². The maximum atomic E-state index is 13.3. The Balaban J connectivity index is 1.39. The number of fused-ring (bicyclic) bond motifs is 1. The van der Waals surface area contributed by atoms with Gasteiger partial charge in [0.25, 0.3) is 0 Å². The number of nitrogens with one attached hydrogen (secondary N) is 1. The Kier molecular flexibility index (Phi) is 4.89. The topological polar surface area (TPSA) is 107 Å². The van der Waals surface area contributed by atoms with Gasteiger partial charge in [-0.25, -0.2) is 9.78 Å². The number of anilines is 1. The number of pyridine rings is 1. The minimum absolute atomic E-state index is 0.0379. The number of hydrogen-bond acceptors (Lipinski definition) is 6. The highest BCUT2D eigenvalue weighted by Crippen LogP contribution is 2.52. The van der Waals surface area contributed by atoms with Gasteiger partial charge in [0.2, 0.25) is 5.91 Å². The molecule has 0 bridgehead atoms. The minimum atomic E-state index is -3.73. The molecule has 10 heteroatoms. The third-order valence-corrected chi connectivity index (χ3v) is 5.81. The fourth-order valence-corrected chi connectivity index (χ4v) is 3.91. The van der Waals surface area contributed by atoms with Crippen molar-refractivity contribution >= 4 is 17.7 Å². The molecule has 174 valence electrons. The molecular weight excluding hydrogens is 450 g/mol. The van der Waals surface area contributed by atoms with Gasteiger partial charge in [0, 0.05) is 5.56 Å². The second kappa shape index (κ2) is 7.68. The van der Waals surface area contributed by atoms with Crippen molar-refractivity contribution in [3.8, 4) is 28.5 Å². The molecule has 2 N–H and O–H groups in total. The Hall–Kier alpha value is -4.21. The van der Waals surface area contributed by atoms with E-state index in [0.717, 1.165) is 0 Å². The third kappa shape index (κ3) is 3.87. The number of nitrogens with zero attached hydrogens (tertiary/aromatic N) is 1. The van der Waals surface area contributed by atoms with Gasteiger partial charge in [0.1, 0.15) is 11.6 Å². The zero-order valence-corrected chi connectivity index (χ0v) is 17.8. The van der Waals surface area contributed by atoms with Crippen LogP contribution in [0.5, 0.6) is 17.2 Å². The summed E-state index contributed by atoms with van der Waals surface area (Å²) in [5.41, 5.74) is 0.636. The van der Waals surface area contributed by atoms with Crippen LogP contribution >= 0.6 is 0 Å². The molecule has 3 aromatic rings. The van der Waals surface area contributed by atoms with E-state index in [4.69, 9.17) is 4.74 Å².